The van der Waals surface area contributed by atoms with Crippen LogP contribution in [0.15, 0.2) is 66.3 Å². The minimum atomic E-state index is -0.157. The van der Waals surface area contributed by atoms with Crippen molar-refractivity contribution in [3.63, 3.8) is 0 Å². The fourth-order valence-electron chi connectivity index (χ4n) is 2.50. The fourth-order valence-corrected chi connectivity index (χ4v) is 4.03. The lowest BCUT2D eigenvalue weighted by Crippen LogP contribution is -2.24. The molecule has 5 nitrogen and oxygen atoms in total. The number of thioether (sulfide) groups is 1. The zero-order valence-electron chi connectivity index (χ0n) is 14.9. The monoisotopic (exact) mass is 432 g/mol. The van der Waals surface area contributed by atoms with Gasteiger partial charge >= 0.3 is 0 Å². The lowest BCUT2D eigenvalue weighted by Gasteiger charge is -2.09. The molecular weight excluding hydrogens is 415 g/mol. The van der Waals surface area contributed by atoms with Crippen molar-refractivity contribution < 1.29 is 4.79 Å². The molecule has 8 heteroatoms. The smallest absolute Gasteiger partial charge is 0.251 e. The SMILES string of the molecule is C=CCn1c(CNC(=O)c2ccccc2)nnc1SCc1ccc(Cl)cc1Cl. The predicted molar refractivity (Wildman–Crippen MR) is 114 cm³/mol. The highest BCUT2D eigenvalue weighted by Gasteiger charge is 2.14. The lowest BCUT2D eigenvalue weighted by atomic mass is 10.2. The molecule has 3 rings (SSSR count). The molecule has 1 heterocycles. The standard InChI is InChI=1S/C20H18Cl2N4OS/c1-2-10-26-18(12-23-19(27)14-6-4-3-5-7-14)24-25-20(26)28-13-15-8-9-16(21)11-17(15)22/h2-9,11H,1,10,12-13H2,(H,23,27). The van der Waals surface area contributed by atoms with Crippen LogP contribution in [0.1, 0.15) is 21.7 Å². The molecule has 0 fully saturated rings. The summed E-state index contributed by atoms with van der Waals surface area (Å²) in [7, 11) is 0. The molecule has 1 amide bonds. The third kappa shape index (κ3) is 5.16. The van der Waals surface area contributed by atoms with E-state index in [1.165, 1.54) is 11.8 Å². The number of nitrogens with zero attached hydrogens (tertiary/aromatic N) is 3. The van der Waals surface area contributed by atoms with E-state index in [1.807, 2.05) is 34.9 Å². The van der Waals surface area contributed by atoms with Gasteiger partial charge in [0.2, 0.25) is 0 Å². The average molecular weight is 433 g/mol. The van der Waals surface area contributed by atoms with Crippen LogP contribution in [-0.4, -0.2) is 20.7 Å². The van der Waals surface area contributed by atoms with Crippen LogP contribution in [-0.2, 0) is 18.8 Å². The number of halogens is 2. The molecular formula is C20H18Cl2N4OS. The van der Waals surface area contributed by atoms with Crippen LogP contribution < -0.4 is 5.32 Å². The van der Waals surface area contributed by atoms with E-state index in [9.17, 15) is 4.79 Å². The number of allylic oxidation sites excluding steroid dienone is 1. The number of carbonyl (C=O) groups excluding carboxylic acids is 1. The lowest BCUT2D eigenvalue weighted by molar-refractivity contribution is 0.0949. The molecule has 2 aromatic carbocycles. The third-order valence-electron chi connectivity index (χ3n) is 3.92. The Morgan fingerprint density at radius 1 is 1.18 bits per heavy atom. The van der Waals surface area contributed by atoms with Crippen molar-refractivity contribution in [3.8, 4) is 0 Å². The summed E-state index contributed by atoms with van der Waals surface area (Å²) in [5.74, 6) is 1.13. The van der Waals surface area contributed by atoms with E-state index in [1.54, 1.807) is 24.3 Å². The average Bonchev–Trinajstić information content (AvgIpc) is 3.08. The van der Waals surface area contributed by atoms with Crippen molar-refractivity contribution in [2.24, 2.45) is 0 Å². The van der Waals surface area contributed by atoms with E-state index in [0.717, 1.165) is 10.7 Å². The molecule has 0 atom stereocenters. The number of amides is 1. The topological polar surface area (TPSA) is 59.8 Å². The Labute approximate surface area is 177 Å². The summed E-state index contributed by atoms with van der Waals surface area (Å²) in [6.45, 7) is 4.61. The van der Waals surface area contributed by atoms with Gasteiger partial charge in [-0.1, -0.05) is 65.3 Å². The first-order valence-electron chi connectivity index (χ1n) is 8.51. The van der Waals surface area contributed by atoms with Crippen LogP contribution in [0.25, 0.3) is 0 Å². The predicted octanol–water partition coefficient (Wildman–Crippen LogP) is 4.99. The largest absolute Gasteiger partial charge is 0.345 e. The molecule has 0 saturated carbocycles. The Kier molecular flexibility index (Phi) is 7.14. The summed E-state index contributed by atoms with van der Waals surface area (Å²) in [5.41, 5.74) is 1.56. The minimum Gasteiger partial charge on any atom is -0.345 e. The van der Waals surface area contributed by atoms with Crippen LogP contribution in [0, 0.1) is 0 Å². The summed E-state index contributed by atoms with van der Waals surface area (Å²) < 4.78 is 1.92. The zero-order chi connectivity index (χ0) is 19.9. The molecule has 0 aliphatic heterocycles. The number of nitrogens with one attached hydrogen (secondary N) is 1. The zero-order valence-corrected chi connectivity index (χ0v) is 17.3. The van der Waals surface area contributed by atoms with Gasteiger partial charge in [-0.25, -0.2) is 0 Å². The molecule has 0 bridgehead atoms. The maximum atomic E-state index is 12.3. The normalized spacial score (nSPS) is 10.6. The number of benzene rings is 2. The van der Waals surface area contributed by atoms with Crippen molar-refractivity contribution in [2.75, 3.05) is 0 Å². The van der Waals surface area contributed by atoms with Crippen LogP contribution in [0.5, 0.6) is 0 Å². The van der Waals surface area contributed by atoms with Crippen molar-refractivity contribution >= 4 is 40.9 Å². The molecule has 1 N–H and O–H groups in total. The Bertz CT molecular complexity index is 976. The molecule has 144 valence electrons. The van der Waals surface area contributed by atoms with Crippen molar-refractivity contribution in [2.45, 2.75) is 24.0 Å². The van der Waals surface area contributed by atoms with Gasteiger partial charge in [-0.05, 0) is 29.8 Å². The van der Waals surface area contributed by atoms with Gasteiger partial charge in [0, 0.05) is 27.9 Å². The molecule has 0 aliphatic carbocycles. The van der Waals surface area contributed by atoms with Gasteiger partial charge in [-0.15, -0.1) is 16.8 Å². The van der Waals surface area contributed by atoms with Gasteiger partial charge in [0.05, 0.1) is 6.54 Å². The third-order valence-corrected chi connectivity index (χ3v) is 5.52. The van der Waals surface area contributed by atoms with Crippen LogP contribution in [0.3, 0.4) is 0 Å². The van der Waals surface area contributed by atoms with E-state index < -0.39 is 0 Å². The van der Waals surface area contributed by atoms with Crippen LogP contribution >= 0.6 is 35.0 Å². The van der Waals surface area contributed by atoms with Gasteiger partial charge in [0.25, 0.3) is 5.91 Å². The summed E-state index contributed by atoms with van der Waals surface area (Å²) in [6.07, 6.45) is 1.77. The molecule has 0 unspecified atom stereocenters. The quantitative estimate of drug-likeness (QED) is 0.402. The minimum absolute atomic E-state index is 0.157. The molecule has 0 radical (unpaired) electrons. The second-order valence-electron chi connectivity index (χ2n) is 5.87. The highest BCUT2D eigenvalue weighted by molar-refractivity contribution is 7.98. The van der Waals surface area contributed by atoms with Crippen molar-refractivity contribution in [1.29, 1.82) is 0 Å². The summed E-state index contributed by atoms with van der Waals surface area (Å²) in [5, 5.41) is 13.3. The number of carbonyl (C=O) groups is 1. The first-order valence-corrected chi connectivity index (χ1v) is 10.3. The van der Waals surface area contributed by atoms with Crippen molar-refractivity contribution in [3.05, 3.63) is 88.2 Å². The number of hydrogen-bond acceptors (Lipinski definition) is 4. The van der Waals surface area contributed by atoms with Gasteiger partial charge in [-0.3, -0.25) is 4.79 Å². The maximum Gasteiger partial charge on any atom is 0.251 e. The Morgan fingerprint density at radius 2 is 1.96 bits per heavy atom. The maximum absolute atomic E-state index is 12.3. The number of aromatic nitrogens is 3. The highest BCUT2D eigenvalue weighted by atomic mass is 35.5. The summed E-state index contributed by atoms with van der Waals surface area (Å²) in [4.78, 5) is 12.3. The summed E-state index contributed by atoms with van der Waals surface area (Å²) in [6, 6.07) is 14.5. The van der Waals surface area contributed by atoms with E-state index in [-0.39, 0.29) is 12.5 Å². The molecule has 3 aromatic rings. The Hall–Kier alpha value is -2.28. The fraction of sp³-hybridized carbons (Fsp3) is 0.150. The Morgan fingerprint density at radius 3 is 2.68 bits per heavy atom. The van der Waals surface area contributed by atoms with Crippen molar-refractivity contribution in [1.82, 2.24) is 20.1 Å². The first-order chi connectivity index (χ1) is 13.6. The van der Waals surface area contributed by atoms with Crippen LogP contribution in [0.4, 0.5) is 0 Å². The molecule has 0 spiro atoms. The van der Waals surface area contributed by atoms with E-state index in [0.29, 0.717) is 33.7 Å². The molecule has 28 heavy (non-hydrogen) atoms. The molecule has 0 aliphatic rings. The van der Waals surface area contributed by atoms with Gasteiger partial charge in [0.15, 0.2) is 11.0 Å². The summed E-state index contributed by atoms with van der Waals surface area (Å²) >= 11 is 13.7. The van der Waals surface area contributed by atoms with Gasteiger partial charge < -0.3 is 9.88 Å². The highest BCUT2D eigenvalue weighted by Crippen LogP contribution is 2.28. The second-order valence-corrected chi connectivity index (χ2v) is 7.66. The van der Waals surface area contributed by atoms with E-state index in [2.05, 4.69) is 22.1 Å². The second kappa shape index (κ2) is 9.78. The van der Waals surface area contributed by atoms with E-state index >= 15 is 0 Å². The molecule has 1 aromatic heterocycles. The molecule has 0 saturated heterocycles. The van der Waals surface area contributed by atoms with Crippen LogP contribution in [0.2, 0.25) is 10.0 Å². The van der Waals surface area contributed by atoms with Gasteiger partial charge in [-0.2, -0.15) is 0 Å². The Balaban J connectivity index is 1.68. The number of hydrogen-bond donors (Lipinski definition) is 1. The first kappa shape index (κ1) is 20.5. The number of rotatable bonds is 8. The van der Waals surface area contributed by atoms with Gasteiger partial charge in [0.1, 0.15) is 0 Å². The van der Waals surface area contributed by atoms with E-state index in [4.69, 9.17) is 23.2 Å².